The van der Waals surface area contributed by atoms with Gasteiger partial charge in [0.05, 0.1) is 19.0 Å². The summed E-state index contributed by atoms with van der Waals surface area (Å²) in [5.74, 6) is -0.211. The van der Waals surface area contributed by atoms with E-state index in [0.717, 1.165) is 55.9 Å². The van der Waals surface area contributed by atoms with Gasteiger partial charge in [-0.3, -0.25) is 4.79 Å². The second kappa shape index (κ2) is 6.49. The molecule has 6 nitrogen and oxygen atoms in total. The highest BCUT2D eigenvalue weighted by molar-refractivity contribution is 7.90. The minimum absolute atomic E-state index is 0.0451. The van der Waals surface area contributed by atoms with Crippen LogP contribution in [0.1, 0.15) is 12.0 Å². The number of benzene rings is 1. The third-order valence-corrected chi connectivity index (χ3v) is 5.27. The summed E-state index contributed by atoms with van der Waals surface area (Å²) in [6.45, 7) is 3.89. The molecule has 0 aliphatic carbocycles. The molecule has 1 saturated heterocycles. The molecule has 2 aliphatic heterocycles. The van der Waals surface area contributed by atoms with Crippen LogP contribution in [0.4, 0.5) is 11.4 Å². The van der Waals surface area contributed by atoms with Gasteiger partial charge in [0, 0.05) is 43.7 Å². The molecular formula is C16H22N2O4S. The second-order valence-corrected chi connectivity index (χ2v) is 8.35. The molecule has 1 aromatic rings. The number of nitrogens with zero attached hydrogens (tertiary/aromatic N) is 2. The SMILES string of the molecule is CS(=O)(=O)CCC(=O)N1CCc2cc(N3CCOCC3)ccc21. The van der Waals surface area contributed by atoms with Crippen LogP contribution in [0.25, 0.3) is 0 Å². The number of anilines is 2. The summed E-state index contributed by atoms with van der Waals surface area (Å²) >= 11 is 0. The largest absolute Gasteiger partial charge is 0.378 e. The molecular weight excluding hydrogens is 316 g/mol. The van der Waals surface area contributed by atoms with Gasteiger partial charge in [0.15, 0.2) is 0 Å². The van der Waals surface area contributed by atoms with Gasteiger partial charge in [-0.25, -0.2) is 8.42 Å². The van der Waals surface area contributed by atoms with Crippen LogP contribution in [-0.2, 0) is 25.8 Å². The molecule has 1 aromatic carbocycles. The summed E-state index contributed by atoms with van der Waals surface area (Å²) in [6, 6.07) is 6.16. The third kappa shape index (κ3) is 3.84. The van der Waals surface area contributed by atoms with Crippen molar-refractivity contribution in [3.63, 3.8) is 0 Å². The van der Waals surface area contributed by atoms with Gasteiger partial charge < -0.3 is 14.5 Å². The number of sulfone groups is 1. The standard InChI is InChI=1S/C16H22N2O4S/c1-23(20,21)11-5-16(19)18-6-4-13-12-14(2-3-15(13)18)17-7-9-22-10-8-17/h2-3,12H,4-11H2,1H3. The Morgan fingerprint density at radius 3 is 2.65 bits per heavy atom. The van der Waals surface area contributed by atoms with Gasteiger partial charge in [-0.05, 0) is 30.2 Å². The molecule has 23 heavy (non-hydrogen) atoms. The fourth-order valence-electron chi connectivity index (χ4n) is 3.07. The van der Waals surface area contributed by atoms with Crippen LogP contribution in [0, 0.1) is 0 Å². The molecule has 2 aliphatic rings. The highest BCUT2D eigenvalue weighted by atomic mass is 32.2. The zero-order chi connectivity index (χ0) is 16.4. The topological polar surface area (TPSA) is 66.9 Å². The first-order valence-corrected chi connectivity index (χ1v) is 9.94. The molecule has 2 heterocycles. The van der Waals surface area contributed by atoms with Crippen LogP contribution >= 0.6 is 0 Å². The quantitative estimate of drug-likeness (QED) is 0.814. The number of rotatable bonds is 4. The number of morpholine rings is 1. The van der Waals surface area contributed by atoms with Crippen molar-refractivity contribution < 1.29 is 17.9 Å². The van der Waals surface area contributed by atoms with Crippen LogP contribution in [-0.4, -0.2) is 59.2 Å². The molecule has 0 spiro atoms. The van der Waals surface area contributed by atoms with E-state index in [-0.39, 0.29) is 18.1 Å². The van der Waals surface area contributed by atoms with Gasteiger partial charge >= 0.3 is 0 Å². The van der Waals surface area contributed by atoms with Crippen molar-refractivity contribution in [2.24, 2.45) is 0 Å². The van der Waals surface area contributed by atoms with Gasteiger partial charge in [0.25, 0.3) is 0 Å². The molecule has 126 valence electrons. The molecule has 0 bridgehead atoms. The van der Waals surface area contributed by atoms with E-state index in [0.29, 0.717) is 6.54 Å². The summed E-state index contributed by atoms with van der Waals surface area (Å²) in [7, 11) is -3.11. The van der Waals surface area contributed by atoms with Crippen LogP contribution in [0.15, 0.2) is 18.2 Å². The number of hydrogen-bond donors (Lipinski definition) is 0. The van der Waals surface area contributed by atoms with Crippen molar-refractivity contribution in [3.05, 3.63) is 23.8 Å². The number of amides is 1. The number of carbonyl (C=O) groups is 1. The van der Waals surface area contributed by atoms with E-state index in [1.54, 1.807) is 4.90 Å². The average Bonchev–Trinajstić information content (AvgIpc) is 2.96. The fraction of sp³-hybridized carbons (Fsp3) is 0.562. The lowest BCUT2D eigenvalue weighted by Crippen LogP contribution is -2.36. The van der Waals surface area contributed by atoms with E-state index in [4.69, 9.17) is 4.74 Å². The van der Waals surface area contributed by atoms with Crippen LogP contribution in [0.5, 0.6) is 0 Å². The molecule has 0 radical (unpaired) electrons. The summed E-state index contributed by atoms with van der Waals surface area (Å²) in [6.07, 6.45) is 2.02. The number of carbonyl (C=O) groups excluding carboxylic acids is 1. The van der Waals surface area contributed by atoms with Crippen molar-refractivity contribution in [1.29, 1.82) is 0 Å². The molecule has 7 heteroatoms. The highest BCUT2D eigenvalue weighted by Gasteiger charge is 2.26. The molecule has 3 rings (SSSR count). The van der Waals surface area contributed by atoms with E-state index in [2.05, 4.69) is 11.0 Å². The Kier molecular flexibility index (Phi) is 4.59. The third-order valence-electron chi connectivity index (χ3n) is 4.32. The summed E-state index contributed by atoms with van der Waals surface area (Å²) < 4.78 is 27.8. The maximum Gasteiger partial charge on any atom is 0.228 e. The Morgan fingerprint density at radius 2 is 1.96 bits per heavy atom. The molecule has 0 aromatic heterocycles. The first-order chi connectivity index (χ1) is 10.9. The zero-order valence-corrected chi connectivity index (χ0v) is 14.1. The highest BCUT2D eigenvalue weighted by Crippen LogP contribution is 2.32. The second-order valence-electron chi connectivity index (χ2n) is 6.09. The van der Waals surface area contributed by atoms with Crippen molar-refractivity contribution in [2.45, 2.75) is 12.8 Å². The molecule has 0 N–H and O–H groups in total. The predicted octanol–water partition coefficient (Wildman–Crippen LogP) is 0.847. The number of ether oxygens (including phenoxy) is 1. The van der Waals surface area contributed by atoms with Crippen molar-refractivity contribution in [3.8, 4) is 0 Å². The van der Waals surface area contributed by atoms with E-state index in [1.807, 2.05) is 12.1 Å². The normalized spacial score (nSPS) is 18.1. The summed E-state index contributed by atoms with van der Waals surface area (Å²) in [4.78, 5) is 16.3. The Morgan fingerprint density at radius 1 is 1.22 bits per heavy atom. The summed E-state index contributed by atoms with van der Waals surface area (Å²) in [5.41, 5.74) is 3.24. The van der Waals surface area contributed by atoms with Crippen molar-refractivity contribution >= 4 is 27.1 Å². The first kappa shape index (κ1) is 16.3. The summed E-state index contributed by atoms with van der Waals surface area (Å²) in [5, 5.41) is 0. The lowest BCUT2D eigenvalue weighted by molar-refractivity contribution is -0.118. The van der Waals surface area contributed by atoms with Gasteiger partial charge in [0.1, 0.15) is 9.84 Å². The van der Waals surface area contributed by atoms with Gasteiger partial charge in [0.2, 0.25) is 5.91 Å². The van der Waals surface area contributed by atoms with Gasteiger partial charge in [-0.2, -0.15) is 0 Å². The minimum atomic E-state index is -3.11. The van der Waals surface area contributed by atoms with Gasteiger partial charge in [-0.15, -0.1) is 0 Å². The maximum atomic E-state index is 12.3. The minimum Gasteiger partial charge on any atom is -0.378 e. The van der Waals surface area contributed by atoms with Crippen LogP contribution in [0.2, 0.25) is 0 Å². The molecule has 1 amide bonds. The smallest absolute Gasteiger partial charge is 0.228 e. The fourth-order valence-corrected chi connectivity index (χ4v) is 3.62. The van der Waals surface area contributed by atoms with E-state index < -0.39 is 9.84 Å². The Balaban J connectivity index is 1.72. The van der Waals surface area contributed by atoms with E-state index in [9.17, 15) is 13.2 Å². The number of hydrogen-bond acceptors (Lipinski definition) is 5. The lowest BCUT2D eigenvalue weighted by atomic mass is 10.1. The molecule has 0 atom stereocenters. The van der Waals surface area contributed by atoms with E-state index >= 15 is 0 Å². The average molecular weight is 338 g/mol. The Hall–Kier alpha value is -1.60. The number of fused-ring (bicyclic) bond motifs is 1. The molecule has 0 saturated carbocycles. The maximum absolute atomic E-state index is 12.3. The Bertz CT molecular complexity index is 696. The Labute approximate surface area is 136 Å². The lowest BCUT2D eigenvalue weighted by Gasteiger charge is -2.29. The molecule has 1 fully saturated rings. The monoisotopic (exact) mass is 338 g/mol. The van der Waals surface area contributed by atoms with Crippen LogP contribution in [0.3, 0.4) is 0 Å². The van der Waals surface area contributed by atoms with Gasteiger partial charge in [-0.1, -0.05) is 0 Å². The molecule has 0 unspecified atom stereocenters. The zero-order valence-electron chi connectivity index (χ0n) is 13.3. The van der Waals surface area contributed by atoms with E-state index in [1.165, 1.54) is 0 Å². The van der Waals surface area contributed by atoms with Crippen LogP contribution < -0.4 is 9.80 Å². The predicted molar refractivity (Wildman–Crippen MR) is 89.9 cm³/mol. The van der Waals surface area contributed by atoms with Crippen molar-refractivity contribution in [1.82, 2.24) is 0 Å². The first-order valence-electron chi connectivity index (χ1n) is 7.88. The van der Waals surface area contributed by atoms with Crippen molar-refractivity contribution in [2.75, 3.05) is 54.7 Å².